The van der Waals surface area contributed by atoms with Gasteiger partial charge in [0.2, 0.25) is 11.8 Å². The van der Waals surface area contributed by atoms with Crippen molar-refractivity contribution in [3.63, 3.8) is 0 Å². The van der Waals surface area contributed by atoms with Crippen LogP contribution < -0.4 is 5.32 Å². The Bertz CT molecular complexity index is 716. The van der Waals surface area contributed by atoms with Crippen LogP contribution >= 0.6 is 0 Å². The first-order valence-electron chi connectivity index (χ1n) is 14.1. The number of likely N-dealkylation sites (tertiary alicyclic amines) is 1. The Kier molecular flexibility index (Phi) is 14.5. The number of nitrogens with zero attached hydrogens (tertiary/aromatic N) is 1. The number of carbonyl (C=O) groups is 2. The third kappa shape index (κ3) is 11.5. The van der Waals surface area contributed by atoms with E-state index in [9.17, 15) is 19.8 Å². The highest BCUT2D eigenvalue weighted by Crippen LogP contribution is 2.23. The van der Waals surface area contributed by atoms with E-state index in [1.165, 1.54) is 76.3 Å². The van der Waals surface area contributed by atoms with E-state index in [4.69, 9.17) is 0 Å². The first-order chi connectivity index (χ1) is 17.0. The molecule has 198 valence electrons. The number of nitrogens with one attached hydrogen (secondary N) is 1. The number of amides is 2. The minimum absolute atomic E-state index is 0.0924. The van der Waals surface area contributed by atoms with Crippen LogP contribution in [0.5, 0.6) is 5.75 Å². The van der Waals surface area contributed by atoms with Crippen molar-refractivity contribution in [2.24, 2.45) is 0 Å². The molecule has 1 fully saturated rings. The first kappa shape index (κ1) is 29.2. The number of benzene rings is 1. The number of hydrogen-bond acceptors (Lipinski definition) is 4. The maximum Gasteiger partial charge on any atom is 0.248 e. The molecule has 0 radical (unpaired) electrons. The van der Waals surface area contributed by atoms with Crippen LogP contribution in [0.1, 0.15) is 121 Å². The Hall–Kier alpha value is -2.08. The Morgan fingerprint density at radius 1 is 0.829 bits per heavy atom. The van der Waals surface area contributed by atoms with Gasteiger partial charge in [0.25, 0.3) is 0 Å². The molecule has 1 aliphatic rings. The zero-order valence-corrected chi connectivity index (χ0v) is 21.9. The smallest absolute Gasteiger partial charge is 0.248 e. The molecular weight excluding hydrogens is 440 g/mol. The van der Waals surface area contributed by atoms with Gasteiger partial charge in [-0.1, -0.05) is 96.1 Å². The molecule has 0 aliphatic carbocycles. The van der Waals surface area contributed by atoms with Gasteiger partial charge in [0, 0.05) is 19.5 Å². The van der Waals surface area contributed by atoms with Gasteiger partial charge in [-0.05, 0) is 37.0 Å². The van der Waals surface area contributed by atoms with Crippen LogP contribution in [-0.2, 0) is 9.59 Å². The predicted molar refractivity (Wildman–Crippen MR) is 141 cm³/mol. The van der Waals surface area contributed by atoms with Crippen molar-refractivity contribution < 1.29 is 19.8 Å². The fourth-order valence-electron chi connectivity index (χ4n) is 4.82. The fourth-order valence-corrected chi connectivity index (χ4v) is 4.82. The standard InChI is InChI=1S/C29H48N2O4/c1-2-3-4-5-6-7-8-9-10-11-12-13-14-17-26(33)30-27(29(35)31-22-15-16-23-31)28(34)24-18-20-25(32)21-19-24/h18-21,27-28,32,34H,2-17,22-23H2,1H3,(H,30,33)/t27-,28+/m0/s1. The van der Waals surface area contributed by atoms with Crippen LogP contribution in [0.25, 0.3) is 0 Å². The number of aliphatic hydroxyl groups is 1. The zero-order chi connectivity index (χ0) is 25.3. The normalized spacial score (nSPS) is 15.2. The number of aliphatic hydroxyl groups excluding tert-OH is 1. The Labute approximate surface area is 212 Å². The van der Waals surface area contributed by atoms with Gasteiger partial charge in [0.1, 0.15) is 17.9 Å². The lowest BCUT2D eigenvalue weighted by molar-refractivity contribution is -0.139. The minimum atomic E-state index is -1.15. The molecule has 0 unspecified atom stereocenters. The van der Waals surface area contributed by atoms with Gasteiger partial charge in [-0.3, -0.25) is 9.59 Å². The largest absolute Gasteiger partial charge is 0.508 e. The summed E-state index contributed by atoms with van der Waals surface area (Å²) < 4.78 is 0. The molecule has 35 heavy (non-hydrogen) atoms. The van der Waals surface area contributed by atoms with Gasteiger partial charge >= 0.3 is 0 Å². The predicted octanol–water partition coefficient (Wildman–Crippen LogP) is 6.01. The Morgan fingerprint density at radius 3 is 1.83 bits per heavy atom. The molecule has 0 spiro atoms. The van der Waals surface area contributed by atoms with Crippen molar-refractivity contribution in [1.29, 1.82) is 0 Å². The summed E-state index contributed by atoms with van der Waals surface area (Å²) in [6, 6.07) is 5.12. The van der Waals surface area contributed by atoms with Crippen molar-refractivity contribution in [2.45, 2.75) is 122 Å². The average molecular weight is 489 g/mol. The number of phenols is 1. The number of aromatic hydroxyl groups is 1. The molecule has 1 aromatic carbocycles. The van der Waals surface area contributed by atoms with E-state index < -0.39 is 12.1 Å². The molecule has 3 N–H and O–H groups in total. The maximum absolute atomic E-state index is 13.1. The fraction of sp³-hybridized carbons (Fsp3) is 0.724. The Balaban J connectivity index is 1.66. The number of unbranched alkanes of at least 4 members (excludes halogenated alkanes) is 12. The number of phenolic OH excluding ortho intramolecular Hbond substituents is 1. The first-order valence-corrected chi connectivity index (χ1v) is 14.1. The van der Waals surface area contributed by atoms with Crippen molar-refractivity contribution in [3.8, 4) is 5.75 Å². The molecule has 2 amide bonds. The molecule has 2 atom stereocenters. The summed E-state index contributed by atoms with van der Waals surface area (Å²) in [5.74, 6) is -0.333. The van der Waals surface area contributed by atoms with Crippen molar-refractivity contribution in [1.82, 2.24) is 10.2 Å². The maximum atomic E-state index is 13.1. The summed E-state index contributed by atoms with van der Waals surface area (Å²) >= 11 is 0. The van der Waals surface area contributed by atoms with Crippen LogP contribution in [0.3, 0.4) is 0 Å². The topological polar surface area (TPSA) is 89.9 Å². The van der Waals surface area contributed by atoms with Crippen molar-refractivity contribution >= 4 is 11.8 Å². The van der Waals surface area contributed by atoms with Gasteiger partial charge < -0.3 is 20.4 Å². The molecule has 1 aliphatic heterocycles. The lowest BCUT2D eigenvalue weighted by Crippen LogP contribution is -2.50. The second-order valence-corrected chi connectivity index (χ2v) is 10.1. The monoisotopic (exact) mass is 488 g/mol. The summed E-state index contributed by atoms with van der Waals surface area (Å²) in [6.07, 6.45) is 17.3. The van der Waals surface area contributed by atoms with Gasteiger partial charge in [-0.15, -0.1) is 0 Å². The van der Waals surface area contributed by atoms with Crippen LogP contribution in [0.4, 0.5) is 0 Å². The molecule has 6 heteroatoms. The van der Waals surface area contributed by atoms with E-state index in [1.54, 1.807) is 17.0 Å². The lowest BCUT2D eigenvalue weighted by atomic mass is 10.00. The number of hydrogen-bond donors (Lipinski definition) is 3. The highest BCUT2D eigenvalue weighted by Gasteiger charge is 2.34. The van der Waals surface area contributed by atoms with Crippen LogP contribution in [0, 0.1) is 0 Å². The van der Waals surface area contributed by atoms with Gasteiger partial charge in [0.05, 0.1) is 0 Å². The van der Waals surface area contributed by atoms with Gasteiger partial charge in [-0.2, -0.15) is 0 Å². The second-order valence-electron chi connectivity index (χ2n) is 10.1. The molecule has 2 rings (SSSR count). The molecule has 0 aromatic heterocycles. The molecule has 1 saturated heterocycles. The zero-order valence-electron chi connectivity index (χ0n) is 21.9. The third-order valence-corrected chi connectivity index (χ3v) is 7.06. The summed E-state index contributed by atoms with van der Waals surface area (Å²) in [7, 11) is 0. The van der Waals surface area contributed by atoms with Gasteiger partial charge in [-0.25, -0.2) is 0 Å². The number of carbonyl (C=O) groups excluding carboxylic acids is 2. The summed E-state index contributed by atoms with van der Waals surface area (Å²) in [5, 5.41) is 23.2. The van der Waals surface area contributed by atoms with Crippen molar-refractivity contribution in [3.05, 3.63) is 29.8 Å². The molecule has 6 nitrogen and oxygen atoms in total. The Morgan fingerprint density at radius 2 is 1.31 bits per heavy atom. The van der Waals surface area contributed by atoms with Crippen LogP contribution in [-0.4, -0.2) is 46.1 Å². The van der Waals surface area contributed by atoms with Crippen LogP contribution in [0.15, 0.2) is 24.3 Å². The third-order valence-electron chi connectivity index (χ3n) is 7.06. The summed E-state index contributed by atoms with van der Waals surface area (Å²) in [4.78, 5) is 27.4. The summed E-state index contributed by atoms with van der Waals surface area (Å²) in [5.41, 5.74) is 0.501. The molecular formula is C29H48N2O4. The van der Waals surface area contributed by atoms with E-state index in [0.29, 0.717) is 25.1 Å². The SMILES string of the molecule is CCCCCCCCCCCCCCCC(=O)N[C@H](C(=O)N1CCCC1)[C@H](O)c1ccc(O)cc1. The minimum Gasteiger partial charge on any atom is -0.508 e. The highest BCUT2D eigenvalue weighted by molar-refractivity contribution is 5.88. The number of rotatable bonds is 18. The molecule has 0 saturated carbocycles. The highest BCUT2D eigenvalue weighted by atomic mass is 16.3. The van der Waals surface area contributed by atoms with E-state index >= 15 is 0 Å². The van der Waals surface area contributed by atoms with E-state index in [-0.39, 0.29) is 17.6 Å². The average Bonchev–Trinajstić information content (AvgIpc) is 3.40. The lowest BCUT2D eigenvalue weighted by Gasteiger charge is -2.28. The molecule has 1 aromatic rings. The van der Waals surface area contributed by atoms with E-state index in [0.717, 1.165) is 32.1 Å². The molecule has 1 heterocycles. The van der Waals surface area contributed by atoms with E-state index in [1.807, 2.05) is 0 Å². The quantitative estimate of drug-likeness (QED) is 0.221. The van der Waals surface area contributed by atoms with E-state index in [2.05, 4.69) is 12.2 Å². The van der Waals surface area contributed by atoms with Crippen LogP contribution in [0.2, 0.25) is 0 Å². The molecule has 0 bridgehead atoms. The second kappa shape index (κ2) is 17.4. The van der Waals surface area contributed by atoms with Crippen molar-refractivity contribution in [2.75, 3.05) is 13.1 Å². The summed E-state index contributed by atoms with van der Waals surface area (Å²) in [6.45, 7) is 3.57. The van der Waals surface area contributed by atoms with Gasteiger partial charge in [0.15, 0.2) is 0 Å².